The third kappa shape index (κ3) is 5.38. The number of benzene rings is 1. The Morgan fingerprint density at radius 1 is 1.03 bits per heavy atom. The number of fused-ring (bicyclic) bond motifs is 1. The van der Waals surface area contributed by atoms with Gasteiger partial charge in [0.05, 0.1) is 24.2 Å². The number of nitrogens with one attached hydrogen (secondary N) is 1. The van der Waals surface area contributed by atoms with Crippen LogP contribution in [0.1, 0.15) is 37.9 Å². The van der Waals surface area contributed by atoms with Gasteiger partial charge in [0.25, 0.3) is 6.43 Å². The monoisotopic (exact) mass is 485 g/mol. The molecule has 10 heteroatoms. The van der Waals surface area contributed by atoms with Crippen LogP contribution >= 0.6 is 0 Å². The van der Waals surface area contributed by atoms with Gasteiger partial charge >= 0.3 is 0 Å². The zero-order valence-electron chi connectivity index (χ0n) is 20.3. The van der Waals surface area contributed by atoms with Gasteiger partial charge in [0, 0.05) is 31.7 Å². The molecular weight excluding hydrogens is 452 g/mol. The van der Waals surface area contributed by atoms with Gasteiger partial charge in [-0.1, -0.05) is 12.1 Å². The molecular formula is C25H33F2N7O. The summed E-state index contributed by atoms with van der Waals surface area (Å²) in [4.78, 5) is 18.1. The van der Waals surface area contributed by atoms with E-state index in [2.05, 4.69) is 34.2 Å². The van der Waals surface area contributed by atoms with Crippen LogP contribution in [0.5, 0.6) is 0 Å². The van der Waals surface area contributed by atoms with Crippen LogP contribution in [-0.4, -0.2) is 77.4 Å². The lowest BCUT2D eigenvalue weighted by Crippen LogP contribution is -2.37. The van der Waals surface area contributed by atoms with Crippen LogP contribution in [0, 0.1) is 5.92 Å². The van der Waals surface area contributed by atoms with Crippen molar-refractivity contribution >= 4 is 22.8 Å². The highest BCUT2D eigenvalue weighted by Gasteiger charge is 2.25. The highest BCUT2D eigenvalue weighted by Crippen LogP contribution is 2.31. The van der Waals surface area contributed by atoms with Crippen LogP contribution in [-0.2, 0) is 4.74 Å². The van der Waals surface area contributed by atoms with Crippen molar-refractivity contribution in [2.75, 3.05) is 57.2 Å². The molecule has 0 spiro atoms. The summed E-state index contributed by atoms with van der Waals surface area (Å²) in [5, 5.41) is 3.52. The summed E-state index contributed by atoms with van der Waals surface area (Å²) < 4.78 is 35.0. The number of alkyl halides is 2. The largest absolute Gasteiger partial charge is 0.378 e. The van der Waals surface area contributed by atoms with Crippen LogP contribution in [0.3, 0.4) is 0 Å². The Hall–Kier alpha value is -2.85. The molecule has 188 valence electrons. The fourth-order valence-electron chi connectivity index (χ4n) is 5.18. The van der Waals surface area contributed by atoms with E-state index in [4.69, 9.17) is 14.7 Å². The highest BCUT2D eigenvalue weighted by molar-refractivity contribution is 5.78. The number of halogens is 2. The number of rotatable bonds is 7. The van der Waals surface area contributed by atoms with Crippen molar-refractivity contribution < 1.29 is 13.5 Å². The van der Waals surface area contributed by atoms with Gasteiger partial charge in [-0.05, 0) is 57.8 Å². The predicted octanol–water partition coefficient (Wildman–Crippen LogP) is 4.12. The van der Waals surface area contributed by atoms with Gasteiger partial charge in [-0.2, -0.15) is 9.97 Å². The van der Waals surface area contributed by atoms with E-state index < -0.39 is 6.43 Å². The number of aromatic nitrogens is 4. The first-order chi connectivity index (χ1) is 17.0. The minimum atomic E-state index is -2.73. The topological polar surface area (TPSA) is 71.3 Å². The van der Waals surface area contributed by atoms with Gasteiger partial charge in [-0.15, -0.1) is 0 Å². The number of para-hydroxylation sites is 2. The Bertz CT molecular complexity index is 1140. The van der Waals surface area contributed by atoms with Crippen molar-refractivity contribution in [3.05, 3.63) is 36.2 Å². The van der Waals surface area contributed by atoms with Crippen LogP contribution in [0.15, 0.2) is 30.3 Å². The molecule has 3 heterocycles. The first-order valence-corrected chi connectivity index (χ1v) is 12.4. The lowest BCUT2D eigenvalue weighted by Gasteiger charge is -2.31. The van der Waals surface area contributed by atoms with Crippen molar-refractivity contribution in [3.63, 3.8) is 0 Å². The normalized spacial score (nSPS) is 21.3. The Morgan fingerprint density at radius 3 is 2.46 bits per heavy atom. The molecule has 1 saturated heterocycles. The summed E-state index contributed by atoms with van der Waals surface area (Å²) in [6.45, 7) is 3.70. The zero-order valence-corrected chi connectivity index (χ0v) is 20.3. The van der Waals surface area contributed by atoms with Crippen LogP contribution in [0.25, 0.3) is 16.9 Å². The average molecular weight is 486 g/mol. The summed E-state index contributed by atoms with van der Waals surface area (Å²) >= 11 is 0. The van der Waals surface area contributed by atoms with E-state index in [-0.39, 0.29) is 11.9 Å². The fourth-order valence-corrected chi connectivity index (χ4v) is 5.18. The Morgan fingerprint density at radius 2 is 1.74 bits per heavy atom. The quantitative estimate of drug-likeness (QED) is 0.540. The molecule has 1 saturated carbocycles. The Labute approximate surface area is 204 Å². The van der Waals surface area contributed by atoms with E-state index in [0.717, 1.165) is 32.2 Å². The highest BCUT2D eigenvalue weighted by atomic mass is 19.3. The van der Waals surface area contributed by atoms with Crippen LogP contribution in [0.2, 0.25) is 0 Å². The molecule has 0 atom stereocenters. The summed E-state index contributed by atoms with van der Waals surface area (Å²) in [6.07, 6.45) is 1.64. The van der Waals surface area contributed by atoms with Gasteiger partial charge in [0.1, 0.15) is 11.6 Å². The number of ether oxygens (including phenoxy) is 1. The predicted molar refractivity (Wildman–Crippen MR) is 133 cm³/mol. The average Bonchev–Trinajstić information content (AvgIpc) is 3.25. The second kappa shape index (κ2) is 10.4. The molecule has 0 bridgehead atoms. The van der Waals surface area contributed by atoms with E-state index in [0.29, 0.717) is 60.8 Å². The molecule has 8 nitrogen and oxygen atoms in total. The Balaban J connectivity index is 1.49. The van der Waals surface area contributed by atoms with E-state index in [1.165, 1.54) is 4.57 Å². The van der Waals surface area contributed by atoms with Crippen molar-refractivity contribution in [3.8, 4) is 5.82 Å². The van der Waals surface area contributed by atoms with Crippen molar-refractivity contribution in [1.82, 2.24) is 24.4 Å². The molecule has 0 radical (unpaired) electrons. The summed E-state index contributed by atoms with van der Waals surface area (Å²) in [5.41, 5.74) is 1.12. The summed E-state index contributed by atoms with van der Waals surface area (Å²) in [5.74, 6) is 1.96. The first-order valence-electron chi connectivity index (χ1n) is 12.4. The molecule has 1 N–H and O–H groups in total. The molecule has 0 amide bonds. The number of anilines is 2. The van der Waals surface area contributed by atoms with Crippen molar-refractivity contribution in [1.29, 1.82) is 0 Å². The molecule has 1 aliphatic heterocycles. The minimum Gasteiger partial charge on any atom is -0.378 e. The maximum Gasteiger partial charge on any atom is 0.296 e. The molecule has 0 unspecified atom stereocenters. The van der Waals surface area contributed by atoms with Crippen molar-refractivity contribution in [2.45, 2.75) is 38.2 Å². The maximum atomic E-state index is 14.0. The van der Waals surface area contributed by atoms with Crippen LogP contribution < -0.4 is 10.2 Å². The van der Waals surface area contributed by atoms with E-state index >= 15 is 0 Å². The lowest BCUT2D eigenvalue weighted by atomic mass is 9.86. The number of morpholine rings is 1. The number of hydrogen-bond donors (Lipinski definition) is 1. The fraction of sp³-hybridized carbons (Fsp3) is 0.560. The third-order valence-electron chi connectivity index (χ3n) is 6.85. The Kier molecular flexibility index (Phi) is 7.10. The standard InChI is InChI=1S/C25H33F2N7O/c1-32(2)16-17-7-9-18(10-8-17)28-25-30-21(33-11-13-35-14-12-33)15-22(31-25)34-20-6-4-3-5-19(20)29-24(34)23(26)27/h3-6,15,17-18,23H,7-14,16H2,1-2H3,(H,28,30,31)/t17-,18-. The second-order valence-electron chi connectivity index (χ2n) is 9.73. The van der Waals surface area contributed by atoms with E-state index in [9.17, 15) is 8.78 Å². The minimum absolute atomic E-state index is 0.260. The first kappa shape index (κ1) is 23.9. The lowest BCUT2D eigenvalue weighted by molar-refractivity contribution is 0.122. The molecule has 1 aliphatic carbocycles. The third-order valence-corrected chi connectivity index (χ3v) is 6.85. The van der Waals surface area contributed by atoms with Gasteiger partial charge in [-0.25, -0.2) is 13.8 Å². The zero-order chi connectivity index (χ0) is 24.4. The number of nitrogens with zero attached hydrogens (tertiary/aromatic N) is 6. The molecule has 2 fully saturated rings. The second-order valence-corrected chi connectivity index (χ2v) is 9.73. The van der Waals surface area contributed by atoms with Gasteiger partial charge in [0.15, 0.2) is 5.82 Å². The molecule has 5 rings (SSSR count). The summed E-state index contributed by atoms with van der Waals surface area (Å²) in [6, 6.07) is 9.20. The van der Waals surface area contributed by atoms with Crippen LogP contribution in [0.4, 0.5) is 20.5 Å². The summed E-state index contributed by atoms with van der Waals surface area (Å²) in [7, 11) is 4.23. The smallest absolute Gasteiger partial charge is 0.296 e. The van der Waals surface area contributed by atoms with E-state index in [1.54, 1.807) is 24.3 Å². The SMILES string of the molecule is CN(C)C[C@H]1CC[C@H](Nc2nc(N3CCOCC3)cc(-n3c(C(F)F)nc4ccccc43)n2)CC1. The molecule has 35 heavy (non-hydrogen) atoms. The molecule has 2 aliphatic rings. The number of imidazole rings is 1. The van der Waals surface area contributed by atoms with Crippen molar-refractivity contribution in [2.24, 2.45) is 5.92 Å². The van der Waals surface area contributed by atoms with Gasteiger partial charge in [0.2, 0.25) is 5.95 Å². The molecule has 3 aromatic rings. The number of hydrogen-bond acceptors (Lipinski definition) is 7. The molecule has 1 aromatic carbocycles. The van der Waals surface area contributed by atoms with E-state index in [1.807, 2.05) is 6.07 Å². The van der Waals surface area contributed by atoms with Gasteiger partial charge in [-0.3, -0.25) is 4.57 Å². The molecule has 2 aromatic heterocycles. The van der Waals surface area contributed by atoms with Gasteiger partial charge < -0.3 is 19.9 Å². The maximum absolute atomic E-state index is 14.0.